The number of fused-ring (bicyclic) bond motifs is 1. The fourth-order valence-electron chi connectivity index (χ4n) is 4.47. The molecule has 0 spiro atoms. The van der Waals surface area contributed by atoms with Gasteiger partial charge in [0, 0.05) is 11.8 Å². The maximum Gasteiger partial charge on any atom is 0.243 e. The molecule has 2 bridgehead atoms. The minimum absolute atomic E-state index is 0.0218. The Hall–Kier alpha value is -3.14. The number of amides is 2. The largest absolute Gasteiger partial charge is 0.347 e. The number of hydrogen-bond acceptors (Lipinski definition) is 2. The van der Waals surface area contributed by atoms with E-state index in [4.69, 9.17) is 0 Å². The Labute approximate surface area is 152 Å². The van der Waals surface area contributed by atoms with Crippen LogP contribution in [0.25, 0.3) is 0 Å². The number of carbonyl (C=O) groups is 2. The van der Waals surface area contributed by atoms with Crippen LogP contribution in [-0.4, -0.2) is 23.9 Å². The first-order valence-corrected chi connectivity index (χ1v) is 8.69. The van der Waals surface area contributed by atoms with Crippen LogP contribution in [0.3, 0.4) is 0 Å². The summed E-state index contributed by atoms with van der Waals surface area (Å²) in [5, 5.41) is 6.11. The van der Waals surface area contributed by atoms with Crippen molar-refractivity contribution in [2.75, 3.05) is 0 Å². The molecule has 26 heavy (non-hydrogen) atoms. The van der Waals surface area contributed by atoms with E-state index in [1.807, 2.05) is 24.3 Å². The molecule has 0 saturated carbocycles. The second kappa shape index (κ2) is 6.30. The van der Waals surface area contributed by atoms with E-state index in [-0.39, 0.29) is 35.7 Å². The molecule has 3 aliphatic rings. The van der Waals surface area contributed by atoms with E-state index in [2.05, 4.69) is 48.1 Å². The van der Waals surface area contributed by atoms with Crippen molar-refractivity contribution >= 4 is 11.8 Å². The standard InChI is InChI=1S/C22H20N2O2/c1-3-17(25)23-21-19-13-9-5-7-11-15(13)20(22(21)24-18(26)4-2)16-12-8-6-10-14(16)19/h3-12,19-22H,1-2H2,(H,23,25)(H,24,26)/t19?,20?,21-,22-/m0/s1. The van der Waals surface area contributed by atoms with Gasteiger partial charge in [-0.25, -0.2) is 0 Å². The third-order valence-electron chi connectivity index (χ3n) is 5.43. The summed E-state index contributed by atoms with van der Waals surface area (Å²) in [5.74, 6) is -0.524. The smallest absolute Gasteiger partial charge is 0.243 e. The average molecular weight is 344 g/mol. The molecular weight excluding hydrogens is 324 g/mol. The van der Waals surface area contributed by atoms with E-state index in [1.54, 1.807) is 0 Å². The summed E-state index contributed by atoms with van der Waals surface area (Å²) in [6.07, 6.45) is 2.54. The summed E-state index contributed by atoms with van der Waals surface area (Å²) >= 11 is 0. The molecule has 2 amide bonds. The lowest BCUT2D eigenvalue weighted by Crippen LogP contribution is -2.61. The quantitative estimate of drug-likeness (QED) is 0.838. The Morgan fingerprint density at radius 3 is 1.27 bits per heavy atom. The first-order valence-electron chi connectivity index (χ1n) is 8.69. The second-order valence-electron chi connectivity index (χ2n) is 6.69. The third-order valence-corrected chi connectivity index (χ3v) is 5.43. The van der Waals surface area contributed by atoms with Gasteiger partial charge in [-0.1, -0.05) is 61.7 Å². The number of hydrogen-bond donors (Lipinski definition) is 2. The molecule has 0 saturated heterocycles. The Balaban J connectivity index is 1.91. The van der Waals surface area contributed by atoms with Crippen LogP contribution in [0.5, 0.6) is 0 Å². The predicted molar refractivity (Wildman–Crippen MR) is 101 cm³/mol. The molecule has 0 heterocycles. The van der Waals surface area contributed by atoms with Crippen LogP contribution >= 0.6 is 0 Å². The molecule has 2 atom stereocenters. The molecule has 2 aromatic rings. The lowest BCUT2D eigenvalue weighted by atomic mass is 9.59. The van der Waals surface area contributed by atoms with Crippen LogP contribution in [0.2, 0.25) is 0 Å². The maximum absolute atomic E-state index is 12.1. The minimum atomic E-state index is -0.251. The lowest BCUT2D eigenvalue weighted by molar-refractivity contribution is -0.120. The monoisotopic (exact) mass is 344 g/mol. The molecule has 4 heteroatoms. The van der Waals surface area contributed by atoms with Gasteiger partial charge in [0.05, 0.1) is 12.1 Å². The van der Waals surface area contributed by atoms with Crippen molar-refractivity contribution in [3.8, 4) is 0 Å². The highest BCUT2D eigenvalue weighted by atomic mass is 16.2. The van der Waals surface area contributed by atoms with Crippen molar-refractivity contribution in [3.63, 3.8) is 0 Å². The van der Waals surface area contributed by atoms with Gasteiger partial charge in [-0.05, 0) is 34.4 Å². The molecule has 0 unspecified atom stereocenters. The van der Waals surface area contributed by atoms with E-state index < -0.39 is 0 Å². The first kappa shape index (κ1) is 16.3. The summed E-state index contributed by atoms with van der Waals surface area (Å²) < 4.78 is 0. The average Bonchev–Trinajstić information content (AvgIpc) is 2.69. The zero-order chi connectivity index (χ0) is 18.3. The SMILES string of the molecule is C=CC(=O)N[C@H]1C2c3ccccc3C(c3ccccc32)[C@@H]1NC(=O)C=C. The summed E-state index contributed by atoms with van der Waals surface area (Å²) in [6.45, 7) is 7.13. The number of nitrogens with one attached hydrogen (secondary N) is 2. The van der Waals surface area contributed by atoms with E-state index in [0.717, 1.165) is 0 Å². The second-order valence-corrected chi connectivity index (χ2v) is 6.69. The van der Waals surface area contributed by atoms with Crippen LogP contribution in [0.1, 0.15) is 34.1 Å². The minimum Gasteiger partial charge on any atom is -0.347 e. The van der Waals surface area contributed by atoms with Crippen molar-refractivity contribution in [1.29, 1.82) is 0 Å². The van der Waals surface area contributed by atoms with Crippen LogP contribution < -0.4 is 10.6 Å². The first-order chi connectivity index (χ1) is 12.7. The molecule has 3 aliphatic carbocycles. The Morgan fingerprint density at radius 2 is 1.00 bits per heavy atom. The van der Waals surface area contributed by atoms with Gasteiger partial charge in [-0.15, -0.1) is 0 Å². The molecule has 4 nitrogen and oxygen atoms in total. The summed E-state index contributed by atoms with van der Waals surface area (Å²) in [6, 6.07) is 16.0. The zero-order valence-electron chi connectivity index (χ0n) is 14.3. The van der Waals surface area contributed by atoms with Crippen LogP contribution in [0.15, 0.2) is 73.8 Å². The molecule has 0 radical (unpaired) electrons. The van der Waals surface area contributed by atoms with Crippen molar-refractivity contribution < 1.29 is 9.59 Å². The molecule has 130 valence electrons. The zero-order valence-corrected chi connectivity index (χ0v) is 14.3. The summed E-state index contributed by atoms with van der Waals surface area (Å²) in [4.78, 5) is 24.2. The normalized spacial score (nSPS) is 24.8. The fraction of sp³-hybridized carbons (Fsp3) is 0.182. The Bertz CT molecular complexity index is 796. The van der Waals surface area contributed by atoms with Gasteiger partial charge in [-0.3, -0.25) is 9.59 Å². The van der Waals surface area contributed by atoms with E-state index in [1.165, 1.54) is 34.4 Å². The summed E-state index contributed by atoms with van der Waals surface area (Å²) in [7, 11) is 0. The van der Waals surface area contributed by atoms with E-state index >= 15 is 0 Å². The van der Waals surface area contributed by atoms with E-state index in [0.29, 0.717) is 0 Å². The predicted octanol–water partition coefficient (Wildman–Crippen LogP) is 2.62. The van der Waals surface area contributed by atoms with Crippen molar-refractivity contribution in [2.24, 2.45) is 0 Å². The van der Waals surface area contributed by atoms with Crippen molar-refractivity contribution in [3.05, 3.63) is 96.1 Å². The van der Waals surface area contributed by atoms with Crippen LogP contribution in [0, 0.1) is 0 Å². The molecular formula is C22H20N2O2. The Kier molecular flexibility index (Phi) is 3.96. The van der Waals surface area contributed by atoms with Crippen LogP contribution in [-0.2, 0) is 9.59 Å². The van der Waals surface area contributed by atoms with Gasteiger partial charge in [0.25, 0.3) is 0 Å². The van der Waals surface area contributed by atoms with Crippen LogP contribution in [0.4, 0.5) is 0 Å². The molecule has 2 N–H and O–H groups in total. The fourth-order valence-corrected chi connectivity index (χ4v) is 4.47. The summed E-state index contributed by atoms with van der Waals surface area (Å²) in [5.41, 5.74) is 4.81. The van der Waals surface area contributed by atoms with Gasteiger partial charge in [-0.2, -0.15) is 0 Å². The lowest BCUT2D eigenvalue weighted by Gasteiger charge is -2.50. The molecule has 2 aromatic carbocycles. The van der Waals surface area contributed by atoms with Gasteiger partial charge in [0.2, 0.25) is 11.8 Å². The van der Waals surface area contributed by atoms with Gasteiger partial charge < -0.3 is 10.6 Å². The highest BCUT2D eigenvalue weighted by Gasteiger charge is 2.50. The van der Waals surface area contributed by atoms with Gasteiger partial charge in [0.15, 0.2) is 0 Å². The number of benzene rings is 2. The van der Waals surface area contributed by atoms with Crippen molar-refractivity contribution in [1.82, 2.24) is 10.6 Å². The van der Waals surface area contributed by atoms with Gasteiger partial charge in [0.1, 0.15) is 0 Å². The maximum atomic E-state index is 12.1. The number of rotatable bonds is 4. The molecule has 0 aromatic heterocycles. The third kappa shape index (κ3) is 2.37. The Morgan fingerprint density at radius 1 is 0.692 bits per heavy atom. The highest BCUT2D eigenvalue weighted by molar-refractivity contribution is 5.89. The molecule has 0 fully saturated rings. The molecule has 5 rings (SSSR count). The van der Waals surface area contributed by atoms with Gasteiger partial charge >= 0.3 is 0 Å². The van der Waals surface area contributed by atoms with Crippen molar-refractivity contribution in [2.45, 2.75) is 23.9 Å². The highest BCUT2D eigenvalue weighted by Crippen LogP contribution is 2.52. The molecule has 0 aliphatic heterocycles. The van der Waals surface area contributed by atoms with E-state index in [9.17, 15) is 9.59 Å². The number of carbonyl (C=O) groups excluding carboxylic acids is 2. The topological polar surface area (TPSA) is 58.2 Å².